The fraction of sp³-hybridized carbons (Fsp3) is 0.240. The number of anilines is 1. The van der Waals surface area contributed by atoms with Gasteiger partial charge >= 0.3 is 0 Å². The zero-order valence-electron chi connectivity index (χ0n) is 19.9. The van der Waals surface area contributed by atoms with E-state index in [0.29, 0.717) is 22.9 Å². The average molecular weight is 501 g/mol. The molecule has 0 fully saturated rings. The van der Waals surface area contributed by atoms with Gasteiger partial charge in [0, 0.05) is 12.1 Å². The molecule has 1 amide bonds. The Bertz CT molecular complexity index is 1260. The van der Waals surface area contributed by atoms with Gasteiger partial charge < -0.3 is 24.3 Å². The van der Waals surface area contributed by atoms with Gasteiger partial charge in [-0.1, -0.05) is 30.3 Å². The first-order valence-corrected chi connectivity index (χ1v) is 12.1. The van der Waals surface area contributed by atoms with Crippen LogP contribution in [0.2, 0.25) is 0 Å². The van der Waals surface area contributed by atoms with Crippen LogP contribution in [0, 0.1) is 0 Å². The minimum absolute atomic E-state index is 0.0695. The summed E-state index contributed by atoms with van der Waals surface area (Å²) in [5.41, 5.74) is 1.13. The van der Waals surface area contributed by atoms with Gasteiger partial charge in [0.05, 0.1) is 39.0 Å². The molecule has 9 nitrogen and oxygen atoms in total. The Kier molecular flexibility index (Phi) is 8.56. The third-order valence-corrected chi connectivity index (χ3v) is 6.70. The molecule has 186 valence electrons. The highest BCUT2D eigenvalue weighted by Gasteiger charge is 2.28. The van der Waals surface area contributed by atoms with E-state index in [1.54, 1.807) is 18.2 Å². The van der Waals surface area contributed by atoms with Gasteiger partial charge in [0.25, 0.3) is 0 Å². The van der Waals surface area contributed by atoms with Crippen LogP contribution in [0.25, 0.3) is 0 Å². The Hall–Kier alpha value is -3.76. The number of benzene rings is 3. The van der Waals surface area contributed by atoms with Crippen LogP contribution >= 0.6 is 0 Å². The minimum Gasteiger partial charge on any atom is -0.497 e. The number of rotatable bonds is 11. The molecule has 0 bridgehead atoms. The molecular formula is C25H28N2O7S. The van der Waals surface area contributed by atoms with Crippen molar-refractivity contribution in [3.05, 3.63) is 72.3 Å². The number of sulfonamides is 1. The quantitative estimate of drug-likeness (QED) is 0.416. The van der Waals surface area contributed by atoms with E-state index in [4.69, 9.17) is 18.9 Å². The standard InChI is InChI=1S/C25H28N2O7S/c1-31-18-10-12-22(32-2)20(15-18)26-25(28)21(14-17-8-6-5-7-9-17)27-35(29,30)19-11-13-23(33-3)24(16-19)34-4/h5-13,15-16,21,27H,14H2,1-4H3,(H,26,28)/t21-/m1/s1. The van der Waals surface area contributed by atoms with Crippen LogP contribution in [-0.4, -0.2) is 48.8 Å². The van der Waals surface area contributed by atoms with Gasteiger partial charge in [-0.2, -0.15) is 4.72 Å². The number of carbonyl (C=O) groups excluding carboxylic acids is 1. The summed E-state index contributed by atoms with van der Waals surface area (Å²) >= 11 is 0. The molecule has 35 heavy (non-hydrogen) atoms. The Morgan fingerprint density at radius 1 is 0.800 bits per heavy atom. The first kappa shape index (κ1) is 25.9. The molecular weight excluding hydrogens is 472 g/mol. The van der Waals surface area contributed by atoms with Gasteiger partial charge in [-0.15, -0.1) is 0 Å². The summed E-state index contributed by atoms with van der Waals surface area (Å²) < 4.78 is 50.0. The highest BCUT2D eigenvalue weighted by atomic mass is 32.2. The number of methoxy groups -OCH3 is 4. The van der Waals surface area contributed by atoms with E-state index in [9.17, 15) is 13.2 Å². The van der Waals surface area contributed by atoms with Crippen molar-refractivity contribution in [3.63, 3.8) is 0 Å². The average Bonchev–Trinajstić information content (AvgIpc) is 2.88. The van der Waals surface area contributed by atoms with Gasteiger partial charge in [-0.3, -0.25) is 4.79 Å². The summed E-state index contributed by atoms with van der Waals surface area (Å²) in [6.45, 7) is 0. The third-order valence-electron chi connectivity index (χ3n) is 5.23. The number of hydrogen-bond acceptors (Lipinski definition) is 7. The summed E-state index contributed by atoms with van der Waals surface area (Å²) in [5.74, 6) is 0.979. The maximum Gasteiger partial charge on any atom is 0.243 e. The van der Waals surface area contributed by atoms with E-state index >= 15 is 0 Å². The van der Waals surface area contributed by atoms with Crippen LogP contribution in [-0.2, 0) is 21.2 Å². The Morgan fingerprint density at radius 3 is 2.09 bits per heavy atom. The molecule has 0 aromatic heterocycles. The lowest BCUT2D eigenvalue weighted by atomic mass is 10.1. The Balaban J connectivity index is 1.93. The van der Waals surface area contributed by atoms with Crippen molar-refractivity contribution in [1.82, 2.24) is 4.72 Å². The first-order valence-electron chi connectivity index (χ1n) is 10.6. The van der Waals surface area contributed by atoms with Crippen molar-refractivity contribution in [2.24, 2.45) is 0 Å². The lowest BCUT2D eigenvalue weighted by Crippen LogP contribution is -2.45. The normalized spacial score (nSPS) is 11.9. The molecule has 0 saturated heterocycles. The zero-order chi connectivity index (χ0) is 25.4. The molecule has 0 unspecified atom stereocenters. The van der Waals surface area contributed by atoms with E-state index in [2.05, 4.69) is 10.0 Å². The van der Waals surface area contributed by atoms with Crippen LogP contribution in [0.1, 0.15) is 5.56 Å². The largest absolute Gasteiger partial charge is 0.497 e. The molecule has 3 aromatic rings. The SMILES string of the molecule is COc1ccc(OC)c(NC(=O)[C@@H](Cc2ccccc2)NS(=O)(=O)c2ccc(OC)c(OC)c2)c1. The number of amides is 1. The van der Waals surface area contributed by atoms with Gasteiger partial charge in [0.1, 0.15) is 17.5 Å². The van der Waals surface area contributed by atoms with Crippen LogP contribution in [0.3, 0.4) is 0 Å². The van der Waals surface area contributed by atoms with E-state index in [1.165, 1.54) is 46.6 Å². The first-order chi connectivity index (χ1) is 16.8. The number of ether oxygens (including phenoxy) is 4. The van der Waals surface area contributed by atoms with Gasteiger partial charge in [-0.05, 0) is 36.2 Å². The molecule has 0 saturated carbocycles. The number of hydrogen-bond donors (Lipinski definition) is 2. The van der Waals surface area contributed by atoms with Crippen LogP contribution in [0.15, 0.2) is 71.6 Å². The highest BCUT2D eigenvalue weighted by Crippen LogP contribution is 2.31. The monoisotopic (exact) mass is 500 g/mol. The summed E-state index contributed by atoms with van der Waals surface area (Å²) in [7, 11) is 1.74. The number of carbonyl (C=O) groups is 1. The van der Waals surface area contributed by atoms with Crippen molar-refractivity contribution < 1.29 is 32.2 Å². The summed E-state index contributed by atoms with van der Waals surface area (Å²) in [6.07, 6.45) is 0.117. The molecule has 0 radical (unpaired) electrons. The second-order valence-corrected chi connectivity index (χ2v) is 9.15. The van der Waals surface area contributed by atoms with Crippen molar-refractivity contribution in [2.75, 3.05) is 33.8 Å². The molecule has 0 heterocycles. The molecule has 3 rings (SSSR count). The Labute approximate surface area is 205 Å². The molecule has 1 atom stereocenters. The van der Waals surface area contributed by atoms with Gasteiger partial charge in [0.15, 0.2) is 11.5 Å². The van der Waals surface area contributed by atoms with Crippen LogP contribution in [0.5, 0.6) is 23.0 Å². The lowest BCUT2D eigenvalue weighted by Gasteiger charge is -2.20. The molecule has 10 heteroatoms. The second-order valence-electron chi connectivity index (χ2n) is 7.44. The minimum atomic E-state index is -4.11. The molecule has 0 aliphatic rings. The fourth-order valence-electron chi connectivity index (χ4n) is 3.41. The van der Waals surface area contributed by atoms with Crippen molar-refractivity contribution in [1.29, 1.82) is 0 Å². The summed E-state index contributed by atoms with van der Waals surface area (Å²) in [4.78, 5) is 13.3. The zero-order valence-corrected chi connectivity index (χ0v) is 20.7. The second kappa shape index (κ2) is 11.6. The van der Waals surface area contributed by atoms with E-state index in [0.717, 1.165) is 5.56 Å². The van der Waals surface area contributed by atoms with Crippen molar-refractivity contribution in [3.8, 4) is 23.0 Å². The topological polar surface area (TPSA) is 112 Å². The third kappa shape index (κ3) is 6.43. The van der Waals surface area contributed by atoms with Crippen molar-refractivity contribution >= 4 is 21.6 Å². The molecule has 0 aliphatic carbocycles. The predicted molar refractivity (Wildman–Crippen MR) is 132 cm³/mol. The molecule has 2 N–H and O–H groups in total. The van der Waals surface area contributed by atoms with Crippen LogP contribution in [0.4, 0.5) is 5.69 Å². The van der Waals surface area contributed by atoms with Gasteiger partial charge in [-0.25, -0.2) is 8.42 Å². The lowest BCUT2D eigenvalue weighted by molar-refractivity contribution is -0.117. The maximum atomic E-state index is 13.3. The van der Waals surface area contributed by atoms with Crippen molar-refractivity contribution in [2.45, 2.75) is 17.4 Å². The van der Waals surface area contributed by atoms with Crippen LogP contribution < -0.4 is 29.0 Å². The maximum absolute atomic E-state index is 13.3. The molecule has 0 aliphatic heterocycles. The predicted octanol–water partition coefficient (Wildman–Crippen LogP) is 3.25. The van der Waals surface area contributed by atoms with E-state index in [-0.39, 0.29) is 17.1 Å². The van der Waals surface area contributed by atoms with Gasteiger partial charge in [0.2, 0.25) is 15.9 Å². The van der Waals surface area contributed by atoms with E-state index < -0.39 is 22.0 Å². The fourth-order valence-corrected chi connectivity index (χ4v) is 4.62. The molecule has 0 spiro atoms. The van der Waals surface area contributed by atoms with E-state index in [1.807, 2.05) is 30.3 Å². The smallest absolute Gasteiger partial charge is 0.243 e. The Morgan fingerprint density at radius 2 is 1.46 bits per heavy atom. The highest BCUT2D eigenvalue weighted by molar-refractivity contribution is 7.89. The summed E-state index contributed by atoms with van der Waals surface area (Å²) in [5, 5.41) is 2.76. The molecule has 3 aromatic carbocycles. The number of nitrogens with one attached hydrogen (secondary N) is 2. The summed E-state index contributed by atoms with van der Waals surface area (Å²) in [6, 6.07) is 17.1.